The minimum Gasteiger partial charge on any atom is -0.453 e. The highest BCUT2D eigenvalue weighted by Crippen LogP contribution is 2.36. The van der Waals surface area contributed by atoms with E-state index in [1.54, 1.807) is 29.0 Å². The van der Waals surface area contributed by atoms with Gasteiger partial charge >= 0.3 is 12.2 Å². The van der Waals surface area contributed by atoms with Gasteiger partial charge in [0.15, 0.2) is 0 Å². The molecule has 2 aliphatic heterocycles. The molecule has 54 heavy (non-hydrogen) atoms. The Kier molecular flexibility index (Phi) is 11.5. The first kappa shape index (κ1) is 37.8. The summed E-state index contributed by atoms with van der Waals surface area (Å²) in [5, 5.41) is 5.25. The highest BCUT2D eigenvalue weighted by Gasteiger charge is 2.38. The summed E-state index contributed by atoms with van der Waals surface area (Å²) in [4.78, 5) is 70.4. The first-order chi connectivity index (χ1) is 26.0. The van der Waals surface area contributed by atoms with Crippen LogP contribution in [0.3, 0.4) is 0 Å². The number of carbonyl (C=O) groups is 4. The van der Waals surface area contributed by atoms with Gasteiger partial charge in [-0.25, -0.2) is 23.9 Å². The number of likely N-dealkylation sites (tertiary alicyclic amines) is 2. The number of methoxy groups -OCH3 is 2. The van der Waals surface area contributed by atoms with E-state index in [0.717, 1.165) is 30.3 Å². The Hall–Kier alpha value is -5.91. The summed E-state index contributed by atoms with van der Waals surface area (Å²) in [6, 6.07) is 8.37. The van der Waals surface area contributed by atoms with Crippen molar-refractivity contribution in [2.45, 2.75) is 77.0 Å². The number of nitrogens with one attached hydrogen (secondary N) is 4. The number of ether oxygens (including phenoxy) is 2. The van der Waals surface area contributed by atoms with Gasteiger partial charge in [0.2, 0.25) is 11.8 Å². The second kappa shape index (κ2) is 16.4. The topological polar surface area (TPSA) is 175 Å². The Labute approximate surface area is 312 Å². The van der Waals surface area contributed by atoms with Gasteiger partial charge in [0.25, 0.3) is 0 Å². The molecule has 2 aromatic heterocycles. The van der Waals surface area contributed by atoms with Crippen LogP contribution in [-0.2, 0) is 19.1 Å². The van der Waals surface area contributed by atoms with Crippen LogP contribution in [0.4, 0.5) is 14.0 Å². The van der Waals surface area contributed by atoms with Crippen LogP contribution in [0.15, 0.2) is 42.6 Å². The number of imidazole rings is 2. The molecule has 284 valence electrons. The van der Waals surface area contributed by atoms with Gasteiger partial charge in [-0.15, -0.1) is 11.8 Å². The molecule has 1 unspecified atom stereocenters. The molecular formula is C39H45FN8O6. The molecule has 0 spiro atoms. The Morgan fingerprint density at radius 1 is 0.907 bits per heavy atom. The van der Waals surface area contributed by atoms with Crippen molar-refractivity contribution in [1.29, 1.82) is 0 Å². The van der Waals surface area contributed by atoms with E-state index in [-0.39, 0.29) is 36.2 Å². The van der Waals surface area contributed by atoms with Crippen molar-refractivity contribution in [2.24, 2.45) is 5.92 Å². The minimum atomic E-state index is -0.876. The maximum absolute atomic E-state index is 15.8. The molecule has 4 atom stereocenters. The van der Waals surface area contributed by atoms with E-state index < -0.39 is 30.1 Å². The van der Waals surface area contributed by atoms with E-state index in [9.17, 15) is 19.2 Å². The van der Waals surface area contributed by atoms with E-state index in [0.29, 0.717) is 53.5 Å². The zero-order valence-electron chi connectivity index (χ0n) is 31.0. The number of amides is 4. The van der Waals surface area contributed by atoms with E-state index in [1.807, 2.05) is 38.1 Å². The molecule has 2 fully saturated rings. The van der Waals surface area contributed by atoms with Gasteiger partial charge in [-0.05, 0) is 73.9 Å². The number of H-pyrrole nitrogens is 2. The average Bonchev–Trinajstić information content (AvgIpc) is 4.00. The van der Waals surface area contributed by atoms with Crippen LogP contribution in [0.25, 0.3) is 33.4 Å². The maximum atomic E-state index is 15.8. The molecule has 2 aliphatic rings. The fourth-order valence-electron chi connectivity index (χ4n) is 7.24. The SMILES string of the molecule is CC#CC[C@H](NC(=O)OC)C(=O)N1CCC[C@H]1c1ncc(-c2ccc(-c3ccc4nc([C@@H]5CCCN5C(=O)C(NC(=O)OC)C(C)C)[nH]c4c3)cc2F)[nH]1. The first-order valence-corrected chi connectivity index (χ1v) is 18.1. The molecule has 14 nitrogen and oxygen atoms in total. The van der Waals surface area contributed by atoms with Crippen LogP contribution in [0.2, 0.25) is 0 Å². The first-order valence-electron chi connectivity index (χ1n) is 18.1. The number of rotatable bonds is 10. The van der Waals surface area contributed by atoms with Gasteiger partial charge in [-0.3, -0.25) is 9.59 Å². The molecule has 0 aliphatic carbocycles. The number of carbonyl (C=O) groups excluding carboxylic acids is 4. The van der Waals surface area contributed by atoms with Crippen molar-refractivity contribution >= 4 is 35.0 Å². The summed E-state index contributed by atoms with van der Waals surface area (Å²) in [5.41, 5.74) is 3.70. The summed E-state index contributed by atoms with van der Waals surface area (Å²) in [6.07, 6.45) is 3.24. The highest BCUT2D eigenvalue weighted by molar-refractivity contribution is 5.88. The van der Waals surface area contributed by atoms with Crippen LogP contribution in [0.5, 0.6) is 0 Å². The smallest absolute Gasteiger partial charge is 0.407 e. The molecule has 0 saturated carbocycles. The summed E-state index contributed by atoms with van der Waals surface area (Å²) < 4.78 is 25.2. The molecule has 15 heteroatoms. The molecule has 4 heterocycles. The fraction of sp³-hybridized carbons (Fsp3) is 0.436. The second-order valence-corrected chi connectivity index (χ2v) is 13.8. The average molecular weight is 741 g/mol. The van der Waals surface area contributed by atoms with Crippen molar-refractivity contribution in [3.63, 3.8) is 0 Å². The fourth-order valence-corrected chi connectivity index (χ4v) is 7.24. The lowest BCUT2D eigenvalue weighted by atomic mass is 10.0. The van der Waals surface area contributed by atoms with Crippen molar-refractivity contribution in [3.8, 4) is 34.2 Å². The van der Waals surface area contributed by atoms with Gasteiger partial charge < -0.3 is 39.9 Å². The Morgan fingerprint density at radius 3 is 2.22 bits per heavy atom. The molecule has 4 aromatic rings. The van der Waals surface area contributed by atoms with E-state index in [4.69, 9.17) is 14.5 Å². The standard InChI is InChI=1S/C39H45FN8O6/c1-6-7-10-28(45-38(51)53-4)36(49)47-17-8-11-31(47)34-41-21-30(44-34)25-15-13-23(19-26(25)40)24-14-16-27-29(20-24)43-35(42-27)32-12-9-18-48(32)37(50)33(22(2)3)46-39(52)54-5/h13-16,19-22,28,31-33H,8-12,17-18H2,1-5H3,(H,41,44)(H,42,43)(H,45,51)(H,46,52)/t28-,31-,32-,33?/m0/s1. The third-order valence-electron chi connectivity index (χ3n) is 10.0. The summed E-state index contributed by atoms with van der Waals surface area (Å²) in [7, 11) is 2.50. The number of hydrogen-bond donors (Lipinski definition) is 4. The lowest BCUT2D eigenvalue weighted by molar-refractivity contribution is -0.135. The Balaban J connectivity index is 1.18. The van der Waals surface area contributed by atoms with Gasteiger partial charge in [0.05, 0.1) is 49.2 Å². The second-order valence-electron chi connectivity index (χ2n) is 13.8. The predicted molar refractivity (Wildman–Crippen MR) is 198 cm³/mol. The number of hydrogen-bond acceptors (Lipinski definition) is 8. The number of fused-ring (bicyclic) bond motifs is 1. The van der Waals surface area contributed by atoms with Gasteiger partial charge in [0, 0.05) is 25.1 Å². The summed E-state index contributed by atoms with van der Waals surface area (Å²) in [6.45, 7) is 6.43. The molecule has 6 rings (SSSR count). The number of nitrogens with zero attached hydrogens (tertiary/aromatic N) is 4. The van der Waals surface area contributed by atoms with Gasteiger partial charge in [-0.2, -0.15) is 0 Å². The normalized spacial score (nSPS) is 17.9. The van der Waals surface area contributed by atoms with Crippen molar-refractivity contribution < 1.29 is 33.0 Å². The van der Waals surface area contributed by atoms with Crippen LogP contribution in [0, 0.1) is 23.6 Å². The van der Waals surface area contributed by atoms with Crippen LogP contribution < -0.4 is 10.6 Å². The molecule has 4 amide bonds. The largest absolute Gasteiger partial charge is 0.453 e. The molecular weight excluding hydrogens is 695 g/mol. The number of halogens is 1. The van der Waals surface area contributed by atoms with E-state index in [1.165, 1.54) is 20.3 Å². The third kappa shape index (κ3) is 7.87. The molecule has 0 bridgehead atoms. The van der Waals surface area contributed by atoms with Crippen molar-refractivity contribution in [1.82, 2.24) is 40.4 Å². The number of aromatic nitrogens is 4. The predicted octanol–water partition coefficient (Wildman–Crippen LogP) is 5.60. The molecule has 2 aromatic carbocycles. The zero-order chi connectivity index (χ0) is 38.5. The molecule has 0 radical (unpaired) electrons. The number of benzene rings is 2. The Morgan fingerprint density at radius 2 is 1.56 bits per heavy atom. The summed E-state index contributed by atoms with van der Waals surface area (Å²) in [5.74, 6) is 5.72. The maximum Gasteiger partial charge on any atom is 0.407 e. The number of aromatic amines is 2. The van der Waals surface area contributed by atoms with Crippen molar-refractivity contribution in [2.75, 3.05) is 27.3 Å². The lowest BCUT2D eigenvalue weighted by Crippen LogP contribution is -2.51. The third-order valence-corrected chi connectivity index (χ3v) is 10.0. The van der Waals surface area contributed by atoms with Gasteiger partial charge in [-0.1, -0.05) is 26.0 Å². The monoisotopic (exact) mass is 740 g/mol. The van der Waals surface area contributed by atoms with Crippen LogP contribution in [-0.4, -0.2) is 93.1 Å². The molecule has 4 N–H and O–H groups in total. The van der Waals surface area contributed by atoms with Crippen molar-refractivity contribution in [3.05, 3.63) is 60.1 Å². The zero-order valence-corrected chi connectivity index (χ0v) is 31.0. The summed E-state index contributed by atoms with van der Waals surface area (Å²) >= 11 is 0. The van der Waals surface area contributed by atoms with E-state index >= 15 is 4.39 Å². The number of alkyl carbamates (subject to hydrolysis) is 2. The highest BCUT2D eigenvalue weighted by atomic mass is 19.1. The van der Waals surface area contributed by atoms with Crippen LogP contribution in [0.1, 0.15) is 76.6 Å². The van der Waals surface area contributed by atoms with Crippen LogP contribution >= 0.6 is 0 Å². The quantitative estimate of drug-likeness (QED) is 0.152. The lowest BCUT2D eigenvalue weighted by Gasteiger charge is -2.29. The van der Waals surface area contributed by atoms with Gasteiger partial charge in [0.1, 0.15) is 29.5 Å². The minimum absolute atomic E-state index is 0.139. The van der Waals surface area contributed by atoms with E-state index in [2.05, 4.69) is 37.4 Å². The Bertz CT molecular complexity index is 2100. The molecule has 2 saturated heterocycles.